The molecule has 0 spiro atoms. The van der Waals surface area contributed by atoms with Crippen LogP contribution in [0.5, 0.6) is 0 Å². The molecule has 1 aromatic carbocycles. The van der Waals surface area contributed by atoms with E-state index in [0.717, 1.165) is 52.1 Å². The quantitative estimate of drug-likeness (QED) is 0.892. The van der Waals surface area contributed by atoms with E-state index < -0.39 is 0 Å². The number of carbonyl (C=O) groups is 1. The van der Waals surface area contributed by atoms with E-state index in [9.17, 15) is 4.79 Å². The van der Waals surface area contributed by atoms with Gasteiger partial charge in [0, 0.05) is 63.9 Å². The number of aryl methyl sites for hydroxylation is 1. The molecule has 3 heterocycles. The molecule has 1 N–H and O–H groups in total. The Bertz CT molecular complexity index is 764. The molecule has 0 bridgehead atoms. The lowest BCUT2D eigenvalue weighted by Crippen LogP contribution is -2.49. The average molecular weight is 353 g/mol. The lowest BCUT2D eigenvalue weighted by atomic mass is 10.0. The topological polar surface area (TPSA) is 53.4 Å². The molecule has 138 valence electrons. The van der Waals surface area contributed by atoms with Crippen molar-refractivity contribution >= 4 is 5.91 Å². The van der Waals surface area contributed by atoms with Gasteiger partial charge in [0.15, 0.2) is 0 Å². The summed E-state index contributed by atoms with van der Waals surface area (Å²) in [4.78, 5) is 16.8. The van der Waals surface area contributed by atoms with Gasteiger partial charge in [0.05, 0.1) is 17.9 Å². The molecule has 2 aromatic rings. The van der Waals surface area contributed by atoms with Crippen molar-refractivity contribution in [2.45, 2.75) is 12.8 Å². The highest BCUT2D eigenvalue weighted by molar-refractivity contribution is 5.78. The van der Waals surface area contributed by atoms with Gasteiger partial charge in [-0.1, -0.05) is 30.3 Å². The van der Waals surface area contributed by atoms with Crippen LogP contribution in [0.2, 0.25) is 0 Å². The van der Waals surface area contributed by atoms with Crippen LogP contribution < -0.4 is 5.32 Å². The third kappa shape index (κ3) is 3.52. The third-order valence-corrected chi connectivity index (χ3v) is 5.45. The molecule has 1 fully saturated rings. The van der Waals surface area contributed by atoms with Crippen LogP contribution in [0, 0.1) is 0 Å². The highest BCUT2D eigenvalue weighted by Gasteiger charge is 2.24. The number of rotatable bonds is 3. The second-order valence-corrected chi connectivity index (χ2v) is 7.17. The van der Waals surface area contributed by atoms with Crippen LogP contribution in [0.15, 0.2) is 30.3 Å². The van der Waals surface area contributed by atoms with E-state index in [1.165, 1.54) is 22.5 Å². The van der Waals surface area contributed by atoms with Gasteiger partial charge < -0.3 is 10.2 Å². The summed E-state index contributed by atoms with van der Waals surface area (Å²) in [6.45, 7) is 5.80. The van der Waals surface area contributed by atoms with E-state index >= 15 is 0 Å². The molecule has 0 atom stereocenters. The van der Waals surface area contributed by atoms with Crippen LogP contribution in [0.3, 0.4) is 0 Å². The number of amides is 1. The first-order valence-electron chi connectivity index (χ1n) is 9.53. The van der Waals surface area contributed by atoms with Gasteiger partial charge in [-0.2, -0.15) is 5.10 Å². The van der Waals surface area contributed by atoms with E-state index in [1.54, 1.807) is 0 Å². The maximum absolute atomic E-state index is 12.6. The fourth-order valence-electron chi connectivity index (χ4n) is 4.05. The Hall–Kier alpha value is -2.18. The summed E-state index contributed by atoms with van der Waals surface area (Å²) in [5.74, 6) is 0.259. The smallest absolute Gasteiger partial charge is 0.236 e. The van der Waals surface area contributed by atoms with Gasteiger partial charge in [0.2, 0.25) is 5.91 Å². The Balaban J connectivity index is 1.46. The van der Waals surface area contributed by atoms with E-state index in [0.29, 0.717) is 6.54 Å². The largest absolute Gasteiger partial charge is 0.339 e. The predicted octanol–water partition coefficient (Wildman–Crippen LogP) is 0.920. The minimum atomic E-state index is 0.259. The number of benzene rings is 1. The second-order valence-electron chi connectivity index (χ2n) is 7.17. The molecule has 6 heteroatoms. The number of carbonyl (C=O) groups excluding carboxylic acids is 1. The molecule has 1 amide bonds. The summed E-state index contributed by atoms with van der Waals surface area (Å²) in [5.41, 5.74) is 4.96. The van der Waals surface area contributed by atoms with Gasteiger partial charge in [0.1, 0.15) is 0 Å². The van der Waals surface area contributed by atoms with Gasteiger partial charge in [0.25, 0.3) is 0 Å². The SMILES string of the molecule is Cn1nc2c(c1-c1ccccc1)CCN(CC(=O)N1CCNCC1)CC2. The minimum Gasteiger partial charge on any atom is -0.339 e. The fourth-order valence-corrected chi connectivity index (χ4v) is 4.05. The molecule has 6 nitrogen and oxygen atoms in total. The number of nitrogens with one attached hydrogen (secondary N) is 1. The molecule has 2 aliphatic heterocycles. The summed E-state index contributed by atoms with van der Waals surface area (Å²) < 4.78 is 2.02. The van der Waals surface area contributed by atoms with E-state index in [-0.39, 0.29) is 5.91 Å². The summed E-state index contributed by atoms with van der Waals surface area (Å²) >= 11 is 0. The number of fused-ring (bicyclic) bond motifs is 1. The van der Waals surface area contributed by atoms with Crippen molar-refractivity contribution in [2.75, 3.05) is 45.8 Å². The Labute approximate surface area is 154 Å². The molecule has 0 saturated carbocycles. The molecular weight excluding hydrogens is 326 g/mol. The van der Waals surface area contributed by atoms with Crippen molar-refractivity contribution in [1.29, 1.82) is 0 Å². The van der Waals surface area contributed by atoms with Gasteiger partial charge in [-0.15, -0.1) is 0 Å². The highest BCUT2D eigenvalue weighted by atomic mass is 16.2. The summed E-state index contributed by atoms with van der Waals surface area (Å²) in [5, 5.41) is 8.08. The van der Waals surface area contributed by atoms with E-state index in [1.807, 2.05) is 22.7 Å². The average Bonchev–Trinajstić information content (AvgIpc) is 2.88. The highest BCUT2D eigenvalue weighted by Crippen LogP contribution is 2.28. The first-order chi connectivity index (χ1) is 12.7. The van der Waals surface area contributed by atoms with Crippen molar-refractivity contribution < 1.29 is 4.79 Å². The van der Waals surface area contributed by atoms with Crippen molar-refractivity contribution in [3.63, 3.8) is 0 Å². The van der Waals surface area contributed by atoms with Crippen LogP contribution in [0.1, 0.15) is 11.3 Å². The second kappa shape index (κ2) is 7.60. The monoisotopic (exact) mass is 353 g/mol. The maximum Gasteiger partial charge on any atom is 0.236 e. The van der Waals surface area contributed by atoms with E-state index in [2.05, 4.69) is 34.5 Å². The zero-order valence-corrected chi connectivity index (χ0v) is 15.4. The van der Waals surface area contributed by atoms with Gasteiger partial charge >= 0.3 is 0 Å². The standard InChI is InChI=1S/C20H27N5O/c1-23-20(16-5-3-2-4-6-16)17-7-11-24(12-8-18(17)22-23)15-19(26)25-13-9-21-10-14-25/h2-6,21H,7-15H2,1H3. The Morgan fingerprint density at radius 3 is 2.58 bits per heavy atom. The Kier molecular flexibility index (Phi) is 5.04. The lowest BCUT2D eigenvalue weighted by Gasteiger charge is -2.30. The number of nitrogens with zero attached hydrogens (tertiary/aromatic N) is 4. The molecule has 0 aliphatic carbocycles. The molecule has 2 aliphatic rings. The van der Waals surface area contributed by atoms with Crippen LogP contribution in [-0.4, -0.2) is 71.3 Å². The molecular formula is C20H27N5O. The van der Waals surface area contributed by atoms with Gasteiger partial charge in [-0.3, -0.25) is 14.4 Å². The molecule has 0 radical (unpaired) electrons. The third-order valence-electron chi connectivity index (χ3n) is 5.45. The molecule has 4 rings (SSSR count). The molecule has 1 aromatic heterocycles. The lowest BCUT2D eigenvalue weighted by molar-refractivity contribution is -0.133. The van der Waals surface area contributed by atoms with Crippen molar-refractivity contribution in [3.05, 3.63) is 41.6 Å². The van der Waals surface area contributed by atoms with Crippen LogP contribution in [0.25, 0.3) is 11.3 Å². The minimum absolute atomic E-state index is 0.259. The van der Waals surface area contributed by atoms with E-state index in [4.69, 9.17) is 5.10 Å². The van der Waals surface area contributed by atoms with Gasteiger partial charge in [-0.25, -0.2) is 0 Å². The first kappa shape index (κ1) is 17.2. The predicted molar refractivity (Wildman–Crippen MR) is 102 cm³/mol. The summed E-state index contributed by atoms with van der Waals surface area (Å²) in [6, 6.07) is 10.5. The zero-order valence-electron chi connectivity index (χ0n) is 15.4. The molecule has 1 saturated heterocycles. The van der Waals surface area contributed by atoms with Crippen LogP contribution in [0.4, 0.5) is 0 Å². The number of aromatic nitrogens is 2. The molecule has 26 heavy (non-hydrogen) atoms. The van der Waals surface area contributed by atoms with Crippen LogP contribution >= 0.6 is 0 Å². The zero-order chi connectivity index (χ0) is 17.9. The summed E-state index contributed by atoms with van der Waals surface area (Å²) in [7, 11) is 2.03. The van der Waals surface area contributed by atoms with Gasteiger partial charge in [-0.05, 0) is 6.42 Å². The number of hydrogen-bond acceptors (Lipinski definition) is 4. The van der Waals surface area contributed by atoms with Crippen molar-refractivity contribution in [1.82, 2.24) is 24.9 Å². The fraction of sp³-hybridized carbons (Fsp3) is 0.500. The Morgan fingerprint density at radius 2 is 1.81 bits per heavy atom. The van der Waals surface area contributed by atoms with Crippen molar-refractivity contribution in [2.24, 2.45) is 7.05 Å². The first-order valence-corrected chi connectivity index (χ1v) is 9.53. The molecule has 0 unspecified atom stereocenters. The normalized spacial score (nSPS) is 18.4. The number of piperazine rings is 1. The van der Waals surface area contributed by atoms with Crippen LogP contribution in [-0.2, 0) is 24.7 Å². The maximum atomic E-state index is 12.6. The number of hydrogen-bond donors (Lipinski definition) is 1. The summed E-state index contributed by atoms with van der Waals surface area (Å²) in [6.07, 6.45) is 1.85. The van der Waals surface area contributed by atoms with Crippen molar-refractivity contribution in [3.8, 4) is 11.3 Å². The Morgan fingerprint density at radius 1 is 1.08 bits per heavy atom.